The lowest BCUT2D eigenvalue weighted by atomic mass is 10.2. The Morgan fingerprint density at radius 3 is 1.71 bits per heavy atom. The van der Waals surface area contributed by atoms with Gasteiger partial charge in [-0.3, -0.25) is 23.9 Å². The van der Waals surface area contributed by atoms with E-state index in [4.69, 9.17) is 39.0 Å². The fraction of sp³-hybridized carbons (Fsp3) is 0.214. The summed E-state index contributed by atoms with van der Waals surface area (Å²) >= 11 is 0. The van der Waals surface area contributed by atoms with Gasteiger partial charge in [0.2, 0.25) is 0 Å². The smallest absolute Gasteiger partial charge is 0.485 e. The third-order valence-corrected chi connectivity index (χ3v) is 6.92. The maximum atomic E-state index is 11.0. The summed E-state index contributed by atoms with van der Waals surface area (Å²) in [4.78, 5) is 68.7. The first-order valence-electron chi connectivity index (χ1n) is 7.76. The first kappa shape index (κ1) is 29.1. The summed E-state index contributed by atoms with van der Waals surface area (Å²) in [6, 6.07) is 6.21. The Morgan fingerprint density at radius 1 is 1.03 bits per heavy atom. The number of pyridine rings is 2. The highest BCUT2D eigenvalue weighted by Gasteiger charge is 2.59. The van der Waals surface area contributed by atoms with Crippen molar-refractivity contribution in [2.45, 2.75) is 17.9 Å². The Hall–Kier alpha value is -1.95. The lowest BCUT2D eigenvalue weighted by Gasteiger charge is -2.29. The Kier molecular flexibility index (Phi) is 12.0. The number of rotatable bonds is 6. The first-order valence-corrected chi connectivity index (χ1v) is 12.1. The molecule has 17 heteroatoms. The van der Waals surface area contributed by atoms with E-state index in [2.05, 4.69) is 9.97 Å². The number of aliphatic carboxylic acids is 1. The van der Waals surface area contributed by atoms with Crippen LogP contribution < -0.4 is 4.89 Å². The number of carboxylic acids is 1. The van der Waals surface area contributed by atoms with Crippen molar-refractivity contribution in [3.63, 3.8) is 0 Å². The van der Waals surface area contributed by atoms with Crippen LogP contribution >= 0.6 is 23.4 Å². The van der Waals surface area contributed by atoms with Crippen molar-refractivity contribution in [1.82, 2.24) is 9.97 Å². The molecule has 0 saturated heterocycles. The van der Waals surface area contributed by atoms with E-state index in [0.717, 1.165) is 11.8 Å². The minimum absolute atomic E-state index is 0. The molecule has 0 saturated carbocycles. The summed E-state index contributed by atoms with van der Waals surface area (Å²) in [6.07, 6.45) is 4.84. The second kappa shape index (κ2) is 12.8. The summed E-state index contributed by atoms with van der Waals surface area (Å²) in [5.74, 6) is -0.826. The third kappa shape index (κ3) is 11.3. The molecule has 0 radical (unpaired) electrons. The third-order valence-electron chi connectivity index (χ3n) is 3.18. The predicted octanol–water partition coefficient (Wildman–Crippen LogP) is -0.423. The van der Waals surface area contributed by atoms with Crippen molar-refractivity contribution in [3.05, 3.63) is 60.2 Å². The van der Waals surface area contributed by atoms with E-state index in [1.807, 2.05) is 0 Å². The normalized spacial score (nSPS) is 11.9. The van der Waals surface area contributed by atoms with Crippen molar-refractivity contribution < 1.29 is 59.5 Å². The molecule has 0 aliphatic heterocycles. The average Bonchev–Trinajstić information content (AvgIpc) is 2.61. The molecule has 0 amide bonds. The van der Waals surface area contributed by atoms with Crippen LogP contribution in [0.25, 0.3) is 0 Å². The van der Waals surface area contributed by atoms with Gasteiger partial charge < -0.3 is 34.7 Å². The standard InChI is InChI=1S/C7H11NO7P2.C7H7NO2.HO3P.H2/c9-7(16(10,11)12,17(13,14)15)4-6-2-1-3-8-5-6;9-7(10)4-6-2-1-3-8-5-6;1-4(2)3;/h1-3,5,9H,4H2,(H2,10,11,12)(H2,13,14,15);1-3,5H,4H2,(H,9,10);(H,1,2,3);1H. The van der Waals surface area contributed by atoms with Crippen LogP contribution in [-0.2, 0) is 31.3 Å². The van der Waals surface area contributed by atoms with Crippen molar-refractivity contribution in [2.24, 2.45) is 0 Å². The number of carboxylic acid groups (broad SMARTS) is 1. The fourth-order valence-corrected chi connectivity index (χ4v) is 3.96. The summed E-state index contributed by atoms with van der Waals surface area (Å²) in [5.41, 5.74) is 0.830. The van der Waals surface area contributed by atoms with E-state index in [1.165, 1.54) is 18.3 Å². The maximum Gasteiger partial charge on any atom is 0.485 e. The zero-order valence-corrected chi connectivity index (χ0v) is 18.1. The minimum atomic E-state index is -5.41. The van der Waals surface area contributed by atoms with Gasteiger partial charge in [0.25, 0.3) is 5.08 Å². The first-order chi connectivity index (χ1) is 14.1. The summed E-state index contributed by atoms with van der Waals surface area (Å²) in [5, 5.41) is 14.5. The van der Waals surface area contributed by atoms with Crippen LogP contribution in [0.2, 0.25) is 0 Å². The number of aliphatic hydroxyl groups is 1. The second-order valence-electron chi connectivity index (χ2n) is 5.57. The number of hydrogen-bond donors (Lipinski definition) is 7. The molecule has 1 unspecified atom stereocenters. The molecule has 1 atom stereocenters. The van der Waals surface area contributed by atoms with Gasteiger partial charge in [-0.25, -0.2) is 0 Å². The topological polar surface area (TPSA) is 259 Å². The van der Waals surface area contributed by atoms with Crippen LogP contribution in [0.5, 0.6) is 0 Å². The summed E-state index contributed by atoms with van der Waals surface area (Å²) in [7, 11) is -13.9. The molecule has 0 spiro atoms. The van der Waals surface area contributed by atoms with Crippen molar-refractivity contribution in [3.8, 4) is 0 Å². The molecule has 7 N–H and O–H groups in total. The predicted molar refractivity (Wildman–Crippen MR) is 104 cm³/mol. The van der Waals surface area contributed by atoms with Crippen LogP contribution in [0, 0.1) is 0 Å². The maximum absolute atomic E-state index is 11.0. The molecule has 0 fully saturated rings. The van der Waals surface area contributed by atoms with Gasteiger partial charge in [0.1, 0.15) is 0 Å². The molecule has 174 valence electrons. The zero-order chi connectivity index (χ0) is 24.3. The highest BCUT2D eigenvalue weighted by molar-refractivity contribution is 7.72. The molecule has 31 heavy (non-hydrogen) atoms. The van der Waals surface area contributed by atoms with Crippen LogP contribution in [0.3, 0.4) is 0 Å². The molecule has 0 aromatic carbocycles. The Labute approximate surface area is 177 Å². The largest absolute Gasteiger partial charge is 0.567 e. The van der Waals surface area contributed by atoms with Gasteiger partial charge in [0.05, 0.1) is 6.42 Å². The molecule has 2 aromatic heterocycles. The number of aromatic nitrogens is 2. The molecule has 0 aliphatic carbocycles. The molecule has 0 aliphatic rings. The lowest BCUT2D eigenvalue weighted by Crippen LogP contribution is -2.31. The monoisotopic (exact) mass is 502 g/mol. The number of carbonyl (C=O) groups is 1. The van der Waals surface area contributed by atoms with Gasteiger partial charge in [-0.05, 0) is 27.8 Å². The van der Waals surface area contributed by atoms with E-state index >= 15 is 0 Å². The lowest BCUT2D eigenvalue weighted by molar-refractivity contribution is -0.180. The second-order valence-corrected chi connectivity index (χ2v) is 10.1. The van der Waals surface area contributed by atoms with E-state index < -0.39 is 40.9 Å². The van der Waals surface area contributed by atoms with Crippen LogP contribution in [-0.4, -0.2) is 55.7 Å². The Bertz CT molecular complexity index is 912. The minimum Gasteiger partial charge on any atom is -0.567 e. The molecule has 0 bridgehead atoms. The highest BCUT2D eigenvalue weighted by atomic mass is 31.2. The highest BCUT2D eigenvalue weighted by Crippen LogP contribution is 2.68. The zero-order valence-electron chi connectivity index (χ0n) is 15.4. The van der Waals surface area contributed by atoms with Gasteiger partial charge in [0, 0.05) is 32.6 Å². The molecule has 2 rings (SSSR count). The molecule has 2 aromatic rings. The number of hydrogen-bond acceptors (Lipinski definition) is 8. The fourth-order valence-electron chi connectivity index (χ4n) is 1.83. The average molecular weight is 502 g/mol. The SMILES string of the molecule is O=C(O)Cc1cccnc1.O=P(O)(O)C(O)(Cc1cccnc1)P(=O)(O)O.O=[P+]([O-])O.[HH]. The molecule has 14 nitrogen and oxygen atoms in total. The summed E-state index contributed by atoms with van der Waals surface area (Å²) < 4.78 is 30.7. The Morgan fingerprint density at radius 2 is 1.42 bits per heavy atom. The summed E-state index contributed by atoms with van der Waals surface area (Å²) in [6.45, 7) is 0. The van der Waals surface area contributed by atoms with Crippen molar-refractivity contribution >= 4 is 29.4 Å². The van der Waals surface area contributed by atoms with Crippen molar-refractivity contribution in [2.75, 3.05) is 0 Å². The van der Waals surface area contributed by atoms with E-state index in [9.17, 15) is 19.0 Å². The van der Waals surface area contributed by atoms with Crippen LogP contribution in [0.4, 0.5) is 0 Å². The van der Waals surface area contributed by atoms with Crippen LogP contribution in [0.15, 0.2) is 49.1 Å². The molecular weight excluding hydrogens is 481 g/mol. The molecule has 2 heterocycles. The van der Waals surface area contributed by atoms with Gasteiger partial charge >= 0.3 is 29.4 Å². The molecular formula is C14H21N2O12P3. The van der Waals surface area contributed by atoms with Crippen molar-refractivity contribution in [1.29, 1.82) is 0 Å². The van der Waals surface area contributed by atoms with E-state index in [1.54, 1.807) is 24.5 Å². The van der Waals surface area contributed by atoms with Gasteiger partial charge in [-0.2, -0.15) is 4.89 Å². The van der Waals surface area contributed by atoms with Crippen LogP contribution in [0.1, 0.15) is 12.6 Å². The van der Waals surface area contributed by atoms with E-state index in [0.29, 0.717) is 0 Å². The van der Waals surface area contributed by atoms with E-state index in [-0.39, 0.29) is 13.4 Å². The quantitative estimate of drug-likeness (QED) is 0.248. The van der Waals surface area contributed by atoms with Gasteiger partial charge in [-0.15, -0.1) is 0 Å². The Balaban J connectivity index is 0. The van der Waals surface area contributed by atoms with Gasteiger partial charge in [-0.1, -0.05) is 12.1 Å². The number of nitrogens with zero attached hydrogens (tertiary/aromatic N) is 2. The van der Waals surface area contributed by atoms with Gasteiger partial charge in [0.15, 0.2) is 0 Å².